The van der Waals surface area contributed by atoms with Crippen molar-refractivity contribution in [2.45, 2.75) is 33.4 Å². The summed E-state index contributed by atoms with van der Waals surface area (Å²) >= 11 is 0. The van der Waals surface area contributed by atoms with E-state index in [0.717, 1.165) is 11.1 Å². The highest BCUT2D eigenvalue weighted by Crippen LogP contribution is 2.38. The van der Waals surface area contributed by atoms with E-state index in [-0.39, 0.29) is 11.5 Å². The number of hydrogen-bond acceptors (Lipinski definition) is 1. The van der Waals surface area contributed by atoms with Crippen LogP contribution in [-0.2, 0) is 11.2 Å². The lowest BCUT2D eigenvalue weighted by Crippen LogP contribution is -2.33. The Balaban J connectivity index is 2.25. The molecular formula is C18H19F3O. The zero-order chi connectivity index (χ0) is 16.5. The second-order valence-electron chi connectivity index (χ2n) is 6.34. The second kappa shape index (κ2) is 5.75. The smallest absolute Gasteiger partial charge is 0.284 e. The molecule has 1 unspecified atom stereocenters. The predicted molar refractivity (Wildman–Crippen MR) is 80.4 cm³/mol. The van der Waals surface area contributed by atoms with Crippen LogP contribution in [0.3, 0.4) is 0 Å². The fraction of sp³-hybridized carbons (Fsp3) is 0.389. The Kier molecular flexibility index (Phi) is 4.32. The number of Topliss-reactive ketones (excluding diaryl/α,β-unsaturated/α-hetero) is 1. The van der Waals surface area contributed by atoms with Crippen LogP contribution in [0.4, 0.5) is 13.2 Å². The first kappa shape index (κ1) is 16.5. The highest BCUT2D eigenvalue weighted by molar-refractivity contribution is 6.01. The van der Waals surface area contributed by atoms with E-state index in [2.05, 4.69) is 0 Å². The summed E-state index contributed by atoms with van der Waals surface area (Å²) in [6.45, 7) is 5.23. The van der Waals surface area contributed by atoms with Gasteiger partial charge in [0, 0.05) is 11.0 Å². The van der Waals surface area contributed by atoms with Gasteiger partial charge in [0.05, 0.1) is 0 Å². The van der Waals surface area contributed by atoms with Crippen LogP contribution in [0.15, 0.2) is 48.1 Å². The van der Waals surface area contributed by atoms with Crippen molar-refractivity contribution in [1.29, 1.82) is 0 Å². The third-order valence-electron chi connectivity index (χ3n) is 3.93. The van der Waals surface area contributed by atoms with E-state index in [0.29, 0.717) is 6.42 Å². The molecule has 0 heterocycles. The SMILES string of the molecule is Cc1ccc(CC2C=CC(C)(C)C(C(=O)C(F)(F)F)=C2)cc1. The summed E-state index contributed by atoms with van der Waals surface area (Å²) in [6, 6.07) is 7.86. The molecule has 2 rings (SSSR count). The molecule has 118 valence electrons. The zero-order valence-electron chi connectivity index (χ0n) is 12.9. The van der Waals surface area contributed by atoms with Crippen molar-refractivity contribution in [3.05, 3.63) is 59.2 Å². The van der Waals surface area contributed by atoms with Gasteiger partial charge in [-0.25, -0.2) is 0 Å². The topological polar surface area (TPSA) is 17.1 Å². The first-order valence-electron chi connectivity index (χ1n) is 7.18. The van der Waals surface area contributed by atoms with Crippen molar-refractivity contribution in [1.82, 2.24) is 0 Å². The summed E-state index contributed by atoms with van der Waals surface area (Å²) in [5.74, 6) is -1.94. The molecule has 0 aromatic heterocycles. The number of ketones is 1. The largest absolute Gasteiger partial charge is 0.454 e. The molecular weight excluding hydrogens is 289 g/mol. The molecule has 1 aromatic rings. The Hall–Kier alpha value is -1.84. The molecule has 1 aliphatic rings. The van der Waals surface area contributed by atoms with Gasteiger partial charge in [-0.2, -0.15) is 13.2 Å². The molecule has 0 aliphatic heterocycles. The summed E-state index contributed by atoms with van der Waals surface area (Å²) in [7, 11) is 0. The fourth-order valence-electron chi connectivity index (χ4n) is 2.58. The molecule has 0 amide bonds. The van der Waals surface area contributed by atoms with E-state index < -0.39 is 17.4 Å². The maximum atomic E-state index is 12.8. The van der Waals surface area contributed by atoms with E-state index in [1.807, 2.05) is 37.3 Å². The Morgan fingerprint density at radius 1 is 1.18 bits per heavy atom. The van der Waals surface area contributed by atoms with Gasteiger partial charge in [0.2, 0.25) is 0 Å². The molecule has 22 heavy (non-hydrogen) atoms. The monoisotopic (exact) mass is 308 g/mol. The quantitative estimate of drug-likeness (QED) is 0.733. The van der Waals surface area contributed by atoms with Crippen molar-refractivity contribution in [2.75, 3.05) is 0 Å². The average Bonchev–Trinajstić information content (AvgIpc) is 2.41. The van der Waals surface area contributed by atoms with Crippen LogP contribution in [0.2, 0.25) is 0 Å². The van der Waals surface area contributed by atoms with Crippen molar-refractivity contribution < 1.29 is 18.0 Å². The number of hydrogen-bond donors (Lipinski definition) is 0. The molecule has 0 saturated carbocycles. The van der Waals surface area contributed by atoms with E-state index in [1.54, 1.807) is 19.9 Å². The molecule has 1 aliphatic carbocycles. The second-order valence-corrected chi connectivity index (χ2v) is 6.34. The number of halogens is 3. The predicted octanol–water partition coefficient (Wildman–Crippen LogP) is 4.81. The van der Waals surface area contributed by atoms with Crippen LogP contribution in [0.1, 0.15) is 25.0 Å². The van der Waals surface area contributed by atoms with Gasteiger partial charge in [0.25, 0.3) is 5.78 Å². The van der Waals surface area contributed by atoms with Crippen LogP contribution in [-0.4, -0.2) is 12.0 Å². The first-order valence-corrected chi connectivity index (χ1v) is 7.18. The molecule has 4 heteroatoms. The molecule has 0 radical (unpaired) electrons. The number of rotatable bonds is 3. The van der Waals surface area contributed by atoms with Gasteiger partial charge in [0.15, 0.2) is 0 Å². The van der Waals surface area contributed by atoms with Crippen LogP contribution in [0.25, 0.3) is 0 Å². The molecule has 1 nitrogen and oxygen atoms in total. The lowest BCUT2D eigenvalue weighted by molar-refractivity contribution is -0.167. The van der Waals surface area contributed by atoms with E-state index in [9.17, 15) is 18.0 Å². The standard InChI is InChI=1S/C18H19F3O/c1-12-4-6-13(7-5-12)10-14-8-9-17(2,3)15(11-14)16(22)18(19,20)21/h4-9,11,14H,10H2,1-3H3. The average molecular weight is 308 g/mol. The van der Waals surface area contributed by atoms with Gasteiger partial charge >= 0.3 is 6.18 Å². The van der Waals surface area contributed by atoms with Gasteiger partial charge in [0.1, 0.15) is 0 Å². The summed E-state index contributed by atoms with van der Waals surface area (Å²) in [5.41, 5.74) is 1.11. The van der Waals surface area contributed by atoms with Crippen LogP contribution in [0.5, 0.6) is 0 Å². The van der Waals surface area contributed by atoms with Gasteiger partial charge < -0.3 is 0 Å². The summed E-state index contributed by atoms with van der Waals surface area (Å²) < 4.78 is 38.3. The highest BCUT2D eigenvalue weighted by atomic mass is 19.4. The normalized spacial score (nSPS) is 20.6. The Labute approximate surface area is 128 Å². The van der Waals surface area contributed by atoms with Gasteiger partial charge in [-0.3, -0.25) is 4.79 Å². The Morgan fingerprint density at radius 2 is 1.77 bits per heavy atom. The number of alkyl halides is 3. The minimum Gasteiger partial charge on any atom is -0.284 e. The van der Waals surface area contributed by atoms with Crippen LogP contribution in [0, 0.1) is 18.3 Å². The molecule has 1 atom stereocenters. The molecule has 0 saturated heterocycles. The number of allylic oxidation sites excluding steroid dienone is 4. The Morgan fingerprint density at radius 3 is 2.32 bits per heavy atom. The van der Waals surface area contributed by atoms with Crippen LogP contribution >= 0.6 is 0 Å². The molecule has 0 bridgehead atoms. The zero-order valence-corrected chi connectivity index (χ0v) is 12.9. The van der Waals surface area contributed by atoms with Crippen molar-refractivity contribution >= 4 is 5.78 Å². The first-order chi connectivity index (χ1) is 10.1. The maximum absolute atomic E-state index is 12.8. The molecule has 0 fully saturated rings. The number of carbonyl (C=O) groups is 1. The minimum atomic E-state index is -4.83. The molecule has 1 aromatic carbocycles. The van der Waals surface area contributed by atoms with Gasteiger partial charge in [-0.15, -0.1) is 0 Å². The molecule has 0 N–H and O–H groups in total. The van der Waals surface area contributed by atoms with Crippen molar-refractivity contribution in [3.63, 3.8) is 0 Å². The van der Waals surface area contributed by atoms with E-state index in [4.69, 9.17) is 0 Å². The minimum absolute atomic E-state index is 0.167. The van der Waals surface area contributed by atoms with Gasteiger partial charge in [-0.05, 0) is 24.8 Å². The van der Waals surface area contributed by atoms with Crippen LogP contribution < -0.4 is 0 Å². The third-order valence-corrected chi connectivity index (χ3v) is 3.93. The highest BCUT2D eigenvalue weighted by Gasteiger charge is 2.45. The van der Waals surface area contributed by atoms with Gasteiger partial charge in [-0.1, -0.05) is 61.9 Å². The number of aryl methyl sites for hydroxylation is 1. The number of carbonyl (C=O) groups excluding carboxylic acids is 1. The van der Waals surface area contributed by atoms with E-state index in [1.165, 1.54) is 6.08 Å². The Bertz CT molecular complexity index is 619. The molecule has 0 spiro atoms. The fourth-order valence-corrected chi connectivity index (χ4v) is 2.58. The maximum Gasteiger partial charge on any atom is 0.454 e. The number of benzene rings is 1. The lowest BCUT2D eigenvalue weighted by Gasteiger charge is -2.29. The van der Waals surface area contributed by atoms with Crippen molar-refractivity contribution in [2.24, 2.45) is 11.3 Å². The summed E-state index contributed by atoms with van der Waals surface area (Å²) in [5, 5.41) is 0. The summed E-state index contributed by atoms with van der Waals surface area (Å²) in [4.78, 5) is 11.7. The third kappa shape index (κ3) is 3.67. The lowest BCUT2D eigenvalue weighted by atomic mass is 9.74. The van der Waals surface area contributed by atoms with Crippen molar-refractivity contribution in [3.8, 4) is 0 Å². The summed E-state index contributed by atoms with van der Waals surface area (Å²) in [6.07, 6.45) is 0.803. The van der Waals surface area contributed by atoms with E-state index >= 15 is 0 Å².